The van der Waals surface area contributed by atoms with E-state index in [1.165, 1.54) is 18.2 Å². The molecule has 0 unspecified atom stereocenters. The molecule has 1 aliphatic carbocycles. The van der Waals surface area contributed by atoms with E-state index < -0.39 is 6.61 Å². The van der Waals surface area contributed by atoms with Crippen LogP contribution in [0, 0.1) is 5.92 Å². The fraction of sp³-hybridized carbons (Fsp3) is 0.533. The molecule has 21 heavy (non-hydrogen) atoms. The van der Waals surface area contributed by atoms with E-state index in [9.17, 15) is 13.6 Å². The first-order chi connectivity index (χ1) is 10.0. The standard InChI is InChI=1S/C15H18BrF2NO2/c16-12-6-4-10(5-7-12)9-19-14(20)11-2-1-3-13(8-11)21-15(17)18/h1-3,8,10,12,15H,4-7,9H2,(H,19,20). The van der Waals surface area contributed by atoms with Gasteiger partial charge in [0.05, 0.1) is 0 Å². The first-order valence-corrected chi connectivity index (χ1v) is 7.93. The molecule has 1 aromatic carbocycles. The van der Waals surface area contributed by atoms with Gasteiger partial charge in [-0.25, -0.2) is 0 Å². The van der Waals surface area contributed by atoms with E-state index >= 15 is 0 Å². The Morgan fingerprint density at radius 3 is 2.71 bits per heavy atom. The lowest BCUT2D eigenvalue weighted by atomic mass is 9.89. The zero-order chi connectivity index (χ0) is 15.2. The Hall–Kier alpha value is -1.17. The summed E-state index contributed by atoms with van der Waals surface area (Å²) in [7, 11) is 0. The van der Waals surface area contributed by atoms with Crippen LogP contribution < -0.4 is 10.1 Å². The maximum atomic E-state index is 12.1. The van der Waals surface area contributed by atoms with Crippen LogP contribution in [0.2, 0.25) is 0 Å². The molecule has 2 rings (SSSR count). The molecular formula is C15H18BrF2NO2. The van der Waals surface area contributed by atoms with Gasteiger partial charge in [-0.3, -0.25) is 4.79 Å². The molecule has 0 spiro atoms. The largest absolute Gasteiger partial charge is 0.435 e. The van der Waals surface area contributed by atoms with E-state index in [0.29, 0.717) is 22.9 Å². The van der Waals surface area contributed by atoms with Gasteiger partial charge in [-0.05, 0) is 49.8 Å². The Morgan fingerprint density at radius 1 is 1.33 bits per heavy atom. The molecule has 3 nitrogen and oxygen atoms in total. The second-order valence-corrected chi connectivity index (χ2v) is 6.53. The lowest BCUT2D eigenvalue weighted by molar-refractivity contribution is -0.0498. The van der Waals surface area contributed by atoms with Crippen molar-refractivity contribution in [3.05, 3.63) is 29.8 Å². The van der Waals surface area contributed by atoms with Crippen molar-refractivity contribution in [2.24, 2.45) is 5.92 Å². The third-order valence-electron chi connectivity index (χ3n) is 3.65. The highest BCUT2D eigenvalue weighted by Gasteiger charge is 2.20. The molecule has 0 heterocycles. The van der Waals surface area contributed by atoms with Crippen molar-refractivity contribution in [3.8, 4) is 5.75 Å². The summed E-state index contributed by atoms with van der Waals surface area (Å²) in [6, 6.07) is 5.85. The summed E-state index contributed by atoms with van der Waals surface area (Å²) < 4.78 is 28.6. The quantitative estimate of drug-likeness (QED) is 0.805. The number of rotatable bonds is 5. The highest BCUT2D eigenvalue weighted by molar-refractivity contribution is 9.09. The maximum Gasteiger partial charge on any atom is 0.387 e. The first-order valence-electron chi connectivity index (χ1n) is 7.01. The van der Waals surface area contributed by atoms with Crippen molar-refractivity contribution < 1.29 is 18.3 Å². The van der Waals surface area contributed by atoms with E-state index in [-0.39, 0.29) is 11.7 Å². The smallest absolute Gasteiger partial charge is 0.387 e. The second kappa shape index (κ2) is 7.73. The maximum absolute atomic E-state index is 12.1. The molecule has 1 aliphatic rings. The average molecular weight is 362 g/mol. The lowest BCUT2D eigenvalue weighted by Gasteiger charge is -2.25. The third-order valence-corrected chi connectivity index (χ3v) is 4.56. The molecule has 1 amide bonds. The van der Waals surface area contributed by atoms with Crippen LogP contribution in [0.25, 0.3) is 0 Å². The zero-order valence-electron chi connectivity index (χ0n) is 11.5. The van der Waals surface area contributed by atoms with Crippen molar-refractivity contribution in [1.82, 2.24) is 5.32 Å². The van der Waals surface area contributed by atoms with E-state index in [2.05, 4.69) is 26.0 Å². The summed E-state index contributed by atoms with van der Waals surface area (Å²) >= 11 is 3.60. The molecule has 1 fully saturated rings. The minimum atomic E-state index is -2.89. The fourth-order valence-electron chi connectivity index (χ4n) is 2.48. The molecule has 0 atom stereocenters. The van der Waals surface area contributed by atoms with Crippen molar-refractivity contribution in [2.45, 2.75) is 37.1 Å². The van der Waals surface area contributed by atoms with Gasteiger partial charge in [-0.15, -0.1) is 0 Å². The second-order valence-electron chi connectivity index (χ2n) is 5.23. The van der Waals surface area contributed by atoms with E-state index in [1.54, 1.807) is 6.07 Å². The number of ether oxygens (including phenoxy) is 1. The molecule has 0 radical (unpaired) electrons. The number of alkyl halides is 3. The molecule has 0 bridgehead atoms. The molecule has 1 saturated carbocycles. The molecule has 0 aliphatic heterocycles. The highest BCUT2D eigenvalue weighted by atomic mass is 79.9. The fourth-order valence-corrected chi connectivity index (χ4v) is 3.01. The monoisotopic (exact) mass is 361 g/mol. The van der Waals surface area contributed by atoms with Crippen LogP contribution in [0.5, 0.6) is 5.75 Å². The summed E-state index contributed by atoms with van der Waals surface area (Å²) in [4.78, 5) is 12.6. The number of carbonyl (C=O) groups excluding carboxylic acids is 1. The Bertz CT molecular complexity index is 476. The number of hydrogen-bond donors (Lipinski definition) is 1. The van der Waals surface area contributed by atoms with Crippen LogP contribution >= 0.6 is 15.9 Å². The van der Waals surface area contributed by atoms with Gasteiger partial charge in [-0.2, -0.15) is 8.78 Å². The van der Waals surface area contributed by atoms with E-state index in [0.717, 1.165) is 25.7 Å². The number of hydrogen-bond acceptors (Lipinski definition) is 2. The van der Waals surface area contributed by atoms with Gasteiger partial charge in [0.15, 0.2) is 0 Å². The van der Waals surface area contributed by atoms with E-state index in [1.807, 2.05) is 0 Å². The van der Waals surface area contributed by atoms with E-state index in [4.69, 9.17) is 0 Å². The molecule has 1 N–H and O–H groups in total. The summed E-state index contributed by atoms with van der Waals surface area (Å²) in [5.74, 6) is 0.233. The third kappa shape index (κ3) is 5.26. The minimum absolute atomic E-state index is 0.00236. The topological polar surface area (TPSA) is 38.3 Å². The van der Waals surface area contributed by atoms with Crippen molar-refractivity contribution in [3.63, 3.8) is 0 Å². The van der Waals surface area contributed by atoms with Crippen molar-refractivity contribution >= 4 is 21.8 Å². The van der Waals surface area contributed by atoms with Crippen molar-refractivity contribution in [1.29, 1.82) is 0 Å². The van der Waals surface area contributed by atoms with Crippen molar-refractivity contribution in [2.75, 3.05) is 6.54 Å². The number of benzene rings is 1. The van der Waals surface area contributed by atoms with Gasteiger partial charge < -0.3 is 10.1 Å². The summed E-state index contributed by atoms with van der Waals surface area (Å²) in [6.07, 6.45) is 4.42. The molecule has 116 valence electrons. The average Bonchev–Trinajstić information content (AvgIpc) is 2.46. The van der Waals surface area contributed by atoms with Gasteiger partial charge in [0.2, 0.25) is 0 Å². The lowest BCUT2D eigenvalue weighted by Crippen LogP contribution is -2.31. The zero-order valence-corrected chi connectivity index (χ0v) is 13.1. The van der Waals surface area contributed by atoms with Crippen LogP contribution in [0.4, 0.5) is 8.78 Å². The molecule has 1 aromatic rings. The predicted octanol–water partition coefficient (Wildman–Crippen LogP) is 3.97. The summed E-state index contributed by atoms with van der Waals surface area (Å²) in [6.45, 7) is -2.26. The SMILES string of the molecule is O=C(NCC1CCC(Br)CC1)c1cccc(OC(F)F)c1. The van der Waals surface area contributed by atoms with Crippen LogP contribution in [-0.4, -0.2) is 23.9 Å². The van der Waals surface area contributed by atoms with Gasteiger partial charge in [0, 0.05) is 16.9 Å². The minimum Gasteiger partial charge on any atom is -0.435 e. The number of amides is 1. The van der Waals surface area contributed by atoms with Gasteiger partial charge in [0.25, 0.3) is 5.91 Å². The van der Waals surface area contributed by atoms with Crippen LogP contribution in [0.1, 0.15) is 36.0 Å². The molecule has 0 saturated heterocycles. The number of halogens is 3. The van der Waals surface area contributed by atoms with Gasteiger partial charge in [0.1, 0.15) is 5.75 Å². The normalized spacial score (nSPS) is 22.1. The highest BCUT2D eigenvalue weighted by Crippen LogP contribution is 2.28. The van der Waals surface area contributed by atoms with Gasteiger partial charge >= 0.3 is 6.61 Å². The summed E-state index contributed by atoms with van der Waals surface area (Å²) in [5, 5.41) is 2.87. The van der Waals surface area contributed by atoms with Crippen LogP contribution in [0.3, 0.4) is 0 Å². The van der Waals surface area contributed by atoms with Crippen LogP contribution in [0.15, 0.2) is 24.3 Å². The van der Waals surface area contributed by atoms with Gasteiger partial charge in [-0.1, -0.05) is 22.0 Å². The Kier molecular flexibility index (Phi) is 5.96. The number of nitrogens with one attached hydrogen (secondary N) is 1. The first kappa shape index (κ1) is 16.2. The Labute approximate surface area is 131 Å². The summed E-state index contributed by atoms with van der Waals surface area (Å²) in [5.41, 5.74) is 0.335. The van der Waals surface area contributed by atoms with Crippen LogP contribution in [-0.2, 0) is 0 Å². The molecular weight excluding hydrogens is 344 g/mol. The number of carbonyl (C=O) groups is 1. The predicted molar refractivity (Wildman–Crippen MR) is 80.1 cm³/mol. The Morgan fingerprint density at radius 2 is 2.05 bits per heavy atom. The Balaban J connectivity index is 1.85. The molecule has 6 heteroatoms. The molecule has 0 aromatic heterocycles.